The van der Waals surface area contributed by atoms with Crippen molar-refractivity contribution in [3.05, 3.63) is 40.8 Å². The Labute approximate surface area is 162 Å². The average molecular weight is 415 g/mol. The molecule has 2 N–H and O–H groups in total. The lowest BCUT2D eigenvalue weighted by molar-refractivity contribution is -0.174. The number of aryl methyl sites for hydroxylation is 1. The van der Waals surface area contributed by atoms with Crippen molar-refractivity contribution >= 4 is 23.0 Å². The Morgan fingerprint density at radius 2 is 1.96 bits per heavy atom. The van der Waals surface area contributed by atoms with Crippen LogP contribution in [0.1, 0.15) is 28.3 Å². The molecule has 2 heterocycles. The lowest BCUT2D eigenvalue weighted by Crippen LogP contribution is -2.55. The SMILES string of the molecule is Cc1nc(C(=O)[C@@H](NC(=O)C(F)(F)F)C2CCCN2)c(-c2ccc(F)cc2)s1. The van der Waals surface area contributed by atoms with Gasteiger partial charge in [0.1, 0.15) is 17.6 Å². The van der Waals surface area contributed by atoms with E-state index in [4.69, 9.17) is 0 Å². The topological polar surface area (TPSA) is 71.1 Å². The van der Waals surface area contributed by atoms with Gasteiger partial charge in [0.05, 0.1) is 9.88 Å². The number of nitrogens with zero attached hydrogens (tertiary/aromatic N) is 1. The highest BCUT2D eigenvalue weighted by Gasteiger charge is 2.43. The van der Waals surface area contributed by atoms with Crippen LogP contribution in [-0.4, -0.2) is 41.5 Å². The van der Waals surface area contributed by atoms with Crippen molar-refractivity contribution in [2.75, 3.05) is 6.54 Å². The predicted octanol–water partition coefficient (Wildman–Crippen LogP) is 3.24. The average Bonchev–Trinajstić information content (AvgIpc) is 3.28. The van der Waals surface area contributed by atoms with Crippen molar-refractivity contribution in [1.82, 2.24) is 15.6 Å². The van der Waals surface area contributed by atoms with Crippen LogP contribution in [0.5, 0.6) is 0 Å². The van der Waals surface area contributed by atoms with Crippen molar-refractivity contribution in [3.63, 3.8) is 0 Å². The lowest BCUT2D eigenvalue weighted by atomic mass is 9.98. The molecule has 2 atom stereocenters. The minimum absolute atomic E-state index is 0.0321. The minimum Gasteiger partial charge on any atom is -0.336 e. The smallest absolute Gasteiger partial charge is 0.336 e. The summed E-state index contributed by atoms with van der Waals surface area (Å²) in [5, 5.41) is 5.31. The van der Waals surface area contributed by atoms with E-state index in [1.807, 2.05) is 5.32 Å². The molecule has 1 aromatic carbocycles. The molecule has 0 spiro atoms. The van der Waals surface area contributed by atoms with E-state index in [-0.39, 0.29) is 5.69 Å². The third-order valence-corrected chi connectivity index (χ3v) is 5.42. The maximum absolute atomic E-state index is 13.2. The second-order valence-electron chi connectivity index (χ2n) is 6.43. The van der Waals surface area contributed by atoms with Gasteiger partial charge in [0, 0.05) is 6.04 Å². The zero-order valence-electron chi connectivity index (χ0n) is 14.8. The summed E-state index contributed by atoms with van der Waals surface area (Å²) in [6, 6.07) is 3.35. The van der Waals surface area contributed by atoms with Gasteiger partial charge in [-0.05, 0) is 44.0 Å². The van der Waals surface area contributed by atoms with Gasteiger partial charge in [-0.3, -0.25) is 9.59 Å². The molecular weight excluding hydrogens is 398 g/mol. The molecule has 1 unspecified atom stereocenters. The molecule has 0 saturated carbocycles. The molecule has 1 saturated heterocycles. The number of rotatable bonds is 5. The third-order valence-electron chi connectivity index (χ3n) is 4.40. The molecule has 0 bridgehead atoms. The van der Waals surface area contributed by atoms with E-state index in [1.165, 1.54) is 35.6 Å². The van der Waals surface area contributed by atoms with E-state index in [1.54, 1.807) is 6.92 Å². The molecule has 150 valence electrons. The number of hydrogen-bond acceptors (Lipinski definition) is 5. The summed E-state index contributed by atoms with van der Waals surface area (Å²) in [6.07, 6.45) is -3.98. The summed E-state index contributed by atoms with van der Waals surface area (Å²) in [7, 11) is 0. The molecular formula is C18H17F4N3O2S. The highest BCUT2D eigenvalue weighted by atomic mass is 32.1. The summed E-state index contributed by atoms with van der Waals surface area (Å²) < 4.78 is 51.5. The standard InChI is InChI=1S/C18H17F4N3O2S/c1-9-24-14(16(28-9)10-4-6-11(19)7-5-10)15(26)13(12-3-2-8-23-12)25-17(27)18(20,21)22/h4-7,12-13,23H,2-3,8H2,1H3,(H,25,27)/t12?,13-/m0/s1. The fourth-order valence-corrected chi connectivity index (χ4v) is 4.04. The van der Waals surface area contributed by atoms with Crippen molar-refractivity contribution in [1.29, 1.82) is 0 Å². The summed E-state index contributed by atoms with van der Waals surface area (Å²) in [6.45, 7) is 2.20. The number of benzene rings is 1. The molecule has 1 aliphatic heterocycles. The van der Waals surface area contributed by atoms with Crippen LogP contribution in [-0.2, 0) is 4.79 Å². The molecule has 0 aliphatic carbocycles. The van der Waals surface area contributed by atoms with E-state index in [9.17, 15) is 27.2 Å². The molecule has 28 heavy (non-hydrogen) atoms. The number of Topliss-reactive ketones (excluding diaryl/α,β-unsaturated/α-hetero) is 1. The molecule has 1 aromatic heterocycles. The summed E-state index contributed by atoms with van der Waals surface area (Å²) >= 11 is 1.18. The first kappa shape index (κ1) is 20.4. The monoisotopic (exact) mass is 415 g/mol. The zero-order valence-corrected chi connectivity index (χ0v) is 15.6. The third kappa shape index (κ3) is 4.39. The highest BCUT2D eigenvalue weighted by Crippen LogP contribution is 2.32. The predicted molar refractivity (Wildman–Crippen MR) is 95.6 cm³/mol. The van der Waals surface area contributed by atoms with Crippen LogP contribution in [0.2, 0.25) is 0 Å². The summed E-state index contributed by atoms with van der Waals surface area (Å²) in [5.41, 5.74) is 0.492. The van der Waals surface area contributed by atoms with Crippen LogP contribution in [0.15, 0.2) is 24.3 Å². The van der Waals surface area contributed by atoms with Crippen LogP contribution in [0.4, 0.5) is 17.6 Å². The fraction of sp³-hybridized carbons (Fsp3) is 0.389. The Hall–Kier alpha value is -2.33. The first-order valence-electron chi connectivity index (χ1n) is 8.55. The number of thiazole rings is 1. The molecule has 1 amide bonds. The number of nitrogens with one attached hydrogen (secondary N) is 2. The van der Waals surface area contributed by atoms with Crippen molar-refractivity contribution in [2.24, 2.45) is 0 Å². The van der Waals surface area contributed by atoms with Crippen molar-refractivity contribution in [3.8, 4) is 10.4 Å². The summed E-state index contributed by atoms with van der Waals surface area (Å²) in [4.78, 5) is 29.2. The van der Waals surface area contributed by atoms with Crippen LogP contribution in [0.3, 0.4) is 0 Å². The minimum atomic E-state index is -5.10. The summed E-state index contributed by atoms with van der Waals surface area (Å²) in [5.74, 6) is -3.33. The van der Waals surface area contributed by atoms with Gasteiger partial charge in [0.15, 0.2) is 0 Å². The molecule has 1 fully saturated rings. The number of amides is 1. The zero-order chi connectivity index (χ0) is 20.5. The van der Waals surface area contributed by atoms with Gasteiger partial charge in [-0.15, -0.1) is 11.3 Å². The largest absolute Gasteiger partial charge is 0.471 e. The van der Waals surface area contributed by atoms with E-state index in [0.717, 1.165) is 0 Å². The van der Waals surface area contributed by atoms with E-state index in [2.05, 4.69) is 10.3 Å². The van der Waals surface area contributed by atoms with Gasteiger partial charge in [-0.25, -0.2) is 9.37 Å². The van der Waals surface area contributed by atoms with Crippen LogP contribution < -0.4 is 10.6 Å². The fourth-order valence-electron chi connectivity index (χ4n) is 3.11. The molecule has 2 aromatic rings. The normalized spacial score (nSPS) is 18.1. The Balaban J connectivity index is 1.96. The Morgan fingerprint density at radius 1 is 1.29 bits per heavy atom. The number of aromatic nitrogens is 1. The second-order valence-corrected chi connectivity index (χ2v) is 7.64. The van der Waals surface area contributed by atoms with Crippen molar-refractivity contribution in [2.45, 2.75) is 38.0 Å². The Bertz CT molecular complexity index is 874. The highest BCUT2D eigenvalue weighted by molar-refractivity contribution is 7.15. The number of carbonyl (C=O) groups excluding carboxylic acids is 2. The molecule has 5 nitrogen and oxygen atoms in total. The van der Waals surface area contributed by atoms with E-state index in [0.29, 0.717) is 34.8 Å². The van der Waals surface area contributed by atoms with Crippen molar-refractivity contribution < 1.29 is 27.2 Å². The maximum Gasteiger partial charge on any atom is 0.471 e. The molecule has 0 radical (unpaired) electrons. The van der Waals surface area contributed by atoms with Crippen LogP contribution >= 0.6 is 11.3 Å². The van der Waals surface area contributed by atoms with Gasteiger partial charge in [-0.1, -0.05) is 12.1 Å². The maximum atomic E-state index is 13.2. The van der Waals surface area contributed by atoms with Gasteiger partial charge in [0.2, 0.25) is 5.78 Å². The Morgan fingerprint density at radius 3 is 2.54 bits per heavy atom. The van der Waals surface area contributed by atoms with E-state index < -0.39 is 35.8 Å². The lowest BCUT2D eigenvalue weighted by Gasteiger charge is -2.24. The first-order valence-corrected chi connectivity index (χ1v) is 9.37. The molecule has 3 rings (SSSR count). The quantitative estimate of drug-likeness (QED) is 0.581. The van der Waals surface area contributed by atoms with Gasteiger partial charge < -0.3 is 10.6 Å². The number of hydrogen-bond donors (Lipinski definition) is 2. The number of alkyl halides is 3. The Kier molecular flexibility index (Phi) is 5.80. The van der Waals surface area contributed by atoms with Gasteiger partial charge in [0.25, 0.3) is 0 Å². The number of ketones is 1. The number of carbonyl (C=O) groups is 2. The second kappa shape index (κ2) is 7.96. The van der Waals surface area contributed by atoms with Gasteiger partial charge in [-0.2, -0.15) is 13.2 Å². The number of halogens is 4. The first-order chi connectivity index (χ1) is 13.2. The van der Waals surface area contributed by atoms with E-state index >= 15 is 0 Å². The van der Waals surface area contributed by atoms with Crippen LogP contribution in [0, 0.1) is 12.7 Å². The van der Waals surface area contributed by atoms with Crippen LogP contribution in [0.25, 0.3) is 10.4 Å². The molecule has 10 heteroatoms. The molecule has 1 aliphatic rings. The van der Waals surface area contributed by atoms with Gasteiger partial charge >= 0.3 is 12.1 Å².